The van der Waals surface area contributed by atoms with E-state index in [9.17, 15) is 4.79 Å². The summed E-state index contributed by atoms with van der Waals surface area (Å²) < 4.78 is 0. The minimum atomic E-state index is 0.0338. The molecule has 65 valence electrons. The molecule has 2 nitrogen and oxygen atoms in total. The van der Waals surface area contributed by atoms with E-state index in [1.54, 1.807) is 0 Å². The van der Waals surface area contributed by atoms with E-state index in [0.717, 1.165) is 13.0 Å². The largest absolute Gasteiger partial charge is 0.356 e. The van der Waals surface area contributed by atoms with Crippen LogP contribution in [0.25, 0.3) is 0 Å². The number of hydrogen-bond donors (Lipinski definition) is 1. The molecule has 0 heterocycles. The first-order chi connectivity index (χ1) is 5.02. The first kappa shape index (κ1) is 10.5. The minimum Gasteiger partial charge on any atom is -0.356 e. The van der Waals surface area contributed by atoms with Crippen LogP contribution in [0.5, 0.6) is 0 Å². The Balaban J connectivity index is 3.61. The van der Waals surface area contributed by atoms with E-state index in [2.05, 4.69) is 33.0 Å². The van der Waals surface area contributed by atoms with Crippen molar-refractivity contribution >= 4 is 5.91 Å². The van der Waals surface area contributed by atoms with Gasteiger partial charge in [0.1, 0.15) is 0 Å². The molecule has 0 saturated heterocycles. The fourth-order valence-corrected chi connectivity index (χ4v) is 0.551. The lowest BCUT2D eigenvalue weighted by Gasteiger charge is -2.22. The zero-order valence-corrected chi connectivity index (χ0v) is 7.74. The fourth-order valence-electron chi connectivity index (χ4n) is 0.551. The highest BCUT2D eigenvalue weighted by molar-refractivity contribution is 5.76. The Morgan fingerprint density at radius 2 is 2.09 bits per heavy atom. The average Bonchev–Trinajstić information content (AvgIpc) is 2.00. The van der Waals surface area contributed by atoms with Crippen LogP contribution in [0, 0.1) is 12.3 Å². The molecule has 0 saturated carbocycles. The number of carbonyl (C=O) groups is 1. The Hall–Kier alpha value is -0.530. The number of amides is 1. The predicted molar refractivity (Wildman–Crippen MR) is 47.1 cm³/mol. The highest BCUT2D eigenvalue weighted by Crippen LogP contribution is 2.17. The van der Waals surface area contributed by atoms with E-state index in [0.29, 0.717) is 6.42 Å². The first-order valence-electron chi connectivity index (χ1n) is 4.08. The second-order valence-corrected chi connectivity index (χ2v) is 3.54. The van der Waals surface area contributed by atoms with Gasteiger partial charge in [-0.25, -0.2) is 0 Å². The lowest BCUT2D eigenvalue weighted by molar-refractivity contribution is -0.120. The van der Waals surface area contributed by atoms with Crippen LogP contribution in [0.1, 0.15) is 33.6 Å². The van der Waals surface area contributed by atoms with Crippen LogP contribution in [0.15, 0.2) is 0 Å². The molecule has 1 N–H and O–H groups in total. The van der Waals surface area contributed by atoms with E-state index in [-0.39, 0.29) is 11.3 Å². The van der Waals surface area contributed by atoms with Crippen molar-refractivity contribution in [2.45, 2.75) is 33.6 Å². The molecular formula is C9H18NO. The average molecular weight is 156 g/mol. The maximum atomic E-state index is 10.8. The normalized spacial score (nSPS) is 11.3. The van der Waals surface area contributed by atoms with Crippen LogP contribution < -0.4 is 5.32 Å². The molecule has 2 heteroatoms. The van der Waals surface area contributed by atoms with Gasteiger partial charge in [0, 0.05) is 13.0 Å². The van der Waals surface area contributed by atoms with E-state index >= 15 is 0 Å². The van der Waals surface area contributed by atoms with Crippen molar-refractivity contribution in [1.29, 1.82) is 0 Å². The molecular weight excluding hydrogens is 138 g/mol. The van der Waals surface area contributed by atoms with Crippen molar-refractivity contribution in [2.75, 3.05) is 6.54 Å². The van der Waals surface area contributed by atoms with E-state index in [1.165, 1.54) is 0 Å². The van der Waals surface area contributed by atoms with Gasteiger partial charge in [-0.1, -0.05) is 20.8 Å². The molecule has 0 aromatic rings. The number of carbonyl (C=O) groups excluding carboxylic acids is 1. The molecule has 0 unspecified atom stereocenters. The third kappa shape index (κ3) is 4.82. The van der Waals surface area contributed by atoms with Gasteiger partial charge >= 0.3 is 0 Å². The highest BCUT2D eigenvalue weighted by Gasteiger charge is 2.14. The van der Waals surface area contributed by atoms with Gasteiger partial charge in [-0.2, -0.15) is 0 Å². The van der Waals surface area contributed by atoms with Crippen molar-refractivity contribution in [3.8, 4) is 0 Å². The Morgan fingerprint density at radius 1 is 1.55 bits per heavy atom. The first-order valence-corrected chi connectivity index (χ1v) is 4.08. The summed E-state index contributed by atoms with van der Waals surface area (Å²) in [5.41, 5.74) is 0.213. The maximum absolute atomic E-state index is 10.8. The van der Waals surface area contributed by atoms with Gasteiger partial charge in [0.15, 0.2) is 0 Å². The summed E-state index contributed by atoms with van der Waals surface area (Å²) in [5.74, 6) is 0.0338. The standard InChI is InChI=1S/C9H18NO/c1-5-8(11)10-7-9(3,4)6-2/h1,5-7H2,2-4H3,(H,10,11). The van der Waals surface area contributed by atoms with Gasteiger partial charge in [0.05, 0.1) is 0 Å². The number of hydrogen-bond acceptors (Lipinski definition) is 1. The second kappa shape index (κ2) is 4.37. The van der Waals surface area contributed by atoms with E-state index in [1.807, 2.05) is 0 Å². The molecule has 0 aliphatic heterocycles. The monoisotopic (exact) mass is 156 g/mol. The zero-order valence-electron chi connectivity index (χ0n) is 7.74. The van der Waals surface area contributed by atoms with Crippen molar-refractivity contribution < 1.29 is 4.79 Å². The molecule has 1 radical (unpaired) electrons. The molecule has 11 heavy (non-hydrogen) atoms. The number of nitrogens with one attached hydrogen (secondary N) is 1. The SMILES string of the molecule is [CH2]CC(=O)NCC(C)(C)CC. The molecule has 0 aromatic carbocycles. The molecule has 0 spiro atoms. The quantitative estimate of drug-likeness (QED) is 0.660. The van der Waals surface area contributed by atoms with Crippen LogP contribution >= 0.6 is 0 Å². The Morgan fingerprint density at radius 3 is 2.45 bits per heavy atom. The van der Waals surface area contributed by atoms with E-state index in [4.69, 9.17) is 0 Å². The molecule has 0 fully saturated rings. The van der Waals surface area contributed by atoms with E-state index < -0.39 is 0 Å². The lowest BCUT2D eigenvalue weighted by Crippen LogP contribution is -2.33. The summed E-state index contributed by atoms with van der Waals surface area (Å²) in [6.07, 6.45) is 1.41. The maximum Gasteiger partial charge on any atom is 0.220 e. The molecule has 0 aromatic heterocycles. The van der Waals surface area contributed by atoms with Gasteiger partial charge in [0.2, 0.25) is 5.91 Å². The van der Waals surface area contributed by atoms with Gasteiger partial charge < -0.3 is 5.32 Å². The van der Waals surface area contributed by atoms with Crippen LogP contribution in [-0.2, 0) is 4.79 Å². The molecule has 0 bridgehead atoms. The van der Waals surface area contributed by atoms with Crippen LogP contribution in [-0.4, -0.2) is 12.5 Å². The Bertz CT molecular complexity index is 130. The third-order valence-electron chi connectivity index (χ3n) is 1.95. The molecule has 0 rings (SSSR count). The lowest BCUT2D eigenvalue weighted by atomic mass is 9.90. The second-order valence-electron chi connectivity index (χ2n) is 3.54. The molecule has 0 aliphatic carbocycles. The highest BCUT2D eigenvalue weighted by atomic mass is 16.1. The molecule has 0 atom stereocenters. The smallest absolute Gasteiger partial charge is 0.220 e. The Labute approximate surface area is 69.4 Å². The summed E-state index contributed by atoms with van der Waals surface area (Å²) in [5, 5.41) is 2.82. The van der Waals surface area contributed by atoms with Crippen molar-refractivity contribution in [3.05, 3.63) is 6.92 Å². The number of rotatable bonds is 4. The summed E-state index contributed by atoms with van der Waals surface area (Å²) >= 11 is 0. The van der Waals surface area contributed by atoms with Crippen LogP contribution in [0.2, 0.25) is 0 Å². The fraction of sp³-hybridized carbons (Fsp3) is 0.778. The van der Waals surface area contributed by atoms with Crippen molar-refractivity contribution in [2.24, 2.45) is 5.41 Å². The van der Waals surface area contributed by atoms with Gasteiger partial charge in [-0.3, -0.25) is 4.79 Å². The van der Waals surface area contributed by atoms with Gasteiger partial charge in [-0.05, 0) is 18.8 Å². The van der Waals surface area contributed by atoms with Crippen LogP contribution in [0.3, 0.4) is 0 Å². The minimum absolute atomic E-state index is 0.0338. The van der Waals surface area contributed by atoms with Crippen molar-refractivity contribution in [1.82, 2.24) is 5.32 Å². The molecule has 1 amide bonds. The van der Waals surface area contributed by atoms with Crippen LogP contribution in [0.4, 0.5) is 0 Å². The molecule has 0 aliphatic rings. The topological polar surface area (TPSA) is 29.1 Å². The van der Waals surface area contributed by atoms with Gasteiger partial charge in [0.25, 0.3) is 0 Å². The Kier molecular flexibility index (Phi) is 4.16. The third-order valence-corrected chi connectivity index (χ3v) is 1.95. The van der Waals surface area contributed by atoms with Gasteiger partial charge in [-0.15, -0.1) is 0 Å². The summed E-state index contributed by atoms with van der Waals surface area (Å²) in [4.78, 5) is 10.8. The summed E-state index contributed by atoms with van der Waals surface area (Å²) in [6.45, 7) is 10.6. The van der Waals surface area contributed by atoms with Crippen molar-refractivity contribution in [3.63, 3.8) is 0 Å². The summed E-state index contributed by atoms with van der Waals surface area (Å²) in [6, 6.07) is 0. The zero-order chi connectivity index (χ0) is 8.91. The predicted octanol–water partition coefficient (Wildman–Crippen LogP) is 1.76. The summed E-state index contributed by atoms with van der Waals surface area (Å²) in [7, 11) is 0.